The molecule has 4 nitrogen and oxygen atoms in total. The van der Waals surface area contributed by atoms with Crippen molar-refractivity contribution in [2.24, 2.45) is 0 Å². The lowest BCUT2D eigenvalue weighted by atomic mass is 10.1. The Kier molecular flexibility index (Phi) is 6.10. The molecule has 0 bridgehead atoms. The van der Waals surface area contributed by atoms with E-state index in [1.807, 2.05) is 0 Å². The van der Waals surface area contributed by atoms with Gasteiger partial charge in [0.15, 0.2) is 0 Å². The van der Waals surface area contributed by atoms with Crippen LogP contribution >= 0.6 is 0 Å². The van der Waals surface area contributed by atoms with Gasteiger partial charge in [-0.25, -0.2) is 8.78 Å². The average molecular weight is 367 g/mol. The summed E-state index contributed by atoms with van der Waals surface area (Å²) in [5.74, 6) is -0.819. The second kappa shape index (κ2) is 8.89. The number of nitrogens with one attached hydrogen (secondary N) is 2. The van der Waals surface area contributed by atoms with E-state index in [-0.39, 0.29) is 17.5 Å². The maximum atomic E-state index is 13.7. The first-order valence-corrected chi connectivity index (χ1v) is 8.57. The summed E-state index contributed by atoms with van der Waals surface area (Å²) >= 11 is 0. The van der Waals surface area contributed by atoms with E-state index >= 15 is 0 Å². The van der Waals surface area contributed by atoms with E-state index in [0.717, 1.165) is 5.56 Å². The summed E-state index contributed by atoms with van der Waals surface area (Å²) in [6.45, 7) is 0.724. The standard InChI is InChI=1S/C21H19F2N3O/c22-18-7-5-15(6-8-18)9-10-25-21(27)17-11-19(14-24-12-17)26-13-16-3-1-2-4-20(16)23/h1-8,11-12,14,26H,9-10,13H2,(H,25,27). The number of hydrogen-bond acceptors (Lipinski definition) is 3. The number of rotatable bonds is 7. The first-order valence-electron chi connectivity index (χ1n) is 8.57. The third-order valence-electron chi connectivity index (χ3n) is 4.05. The van der Waals surface area contributed by atoms with Gasteiger partial charge < -0.3 is 10.6 Å². The summed E-state index contributed by atoms with van der Waals surface area (Å²) in [4.78, 5) is 16.3. The molecule has 0 saturated carbocycles. The maximum absolute atomic E-state index is 13.7. The van der Waals surface area contributed by atoms with Crippen LogP contribution in [0.15, 0.2) is 67.0 Å². The zero-order chi connectivity index (χ0) is 19.1. The molecule has 3 aromatic rings. The lowest BCUT2D eigenvalue weighted by Crippen LogP contribution is -2.25. The van der Waals surface area contributed by atoms with E-state index in [1.165, 1.54) is 24.4 Å². The van der Waals surface area contributed by atoms with Gasteiger partial charge >= 0.3 is 0 Å². The molecule has 138 valence electrons. The normalized spacial score (nSPS) is 10.4. The second-order valence-electron chi connectivity index (χ2n) is 6.04. The predicted octanol–water partition coefficient (Wildman–Crippen LogP) is 3.94. The van der Waals surface area contributed by atoms with Crippen molar-refractivity contribution < 1.29 is 13.6 Å². The van der Waals surface area contributed by atoms with Gasteiger partial charge in [0.05, 0.1) is 11.3 Å². The Morgan fingerprint density at radius 3 is 2.56 bits per heavy atom. The highest BCUT2D eigenvalue weighted by Crippen LogP contribution is 2.12. The molecule has 1 aromatic heterocycles. The molecule has 1 heterocycles. The van der Waals surface area contributed by atoms with Crippen molar-refractivity contribution in [3.8, 4) is 0 Å². The van der Waals surface area contributed by atoms with Crippen molar-refractivity contribution in [1.82, 2.24) is 10.3 Å². The Labute approximate surface area is 156 Å². The van der Waals surface area contributed by atoms with Crippen LogP contribution in [0.5, 0.6) is 0 Å². The van der Waals surface area contributed by atoms with Crippen LogP contribution in [-0.4, -0.2) is 17.4 Å². The molecule has 0 unspecified atom stereocenters. The summed E-state index contributed by atoms with van der Waals surface area (Å²) in [6, 6.07) is 14.3. The number of anilines is 1. The van der Waals surface area contributed by atoms with Gasteiger partial charge in [-0.3, -0.25) is 9.78 Å². The van der Waals surface area contributed by atoms with Gasteiger partial charge in [0.25, 0.3) is 5.91 Å². The second-order valence-corrected chi connectivity index (χ2v) is 6.04. The van der Waals surface area contributed by atoms with Gasteiger partial charge in [-0.1, -0.05) is 30.3 Å². The van der Waals surface area contributed by atoms with Gasteiger partial charge in [-0.05, 0) is 36.2 Å². The highest BCUT2D eigenvalue weighted by Gasteiger charge is 2.07. The number of pyridine rings is 1. The minimum atomic E-state index is -0.285. The molecule has 0 aliphatic carbocycles. The van der Waals surface area contributed by atoms with Crippen molar-refractivity contribution in [2.45, 2.75) is 13.0 Å². The Bertz CT molecular complexity index is 913. The highest BCUT2D eigenvalue weighted by molar-refractivity contribution is 5.94. The van der Waals surface area contributed by atoms with Crippen LogP contribution in [0.2, 0.25) is 0 Å². The van der Waals surface area contributed by atoms with E-state index in [0.29, 0.717) is 36.3 Å². The molecule has 2 N–H and O–H groups in total. The molecule has 2 aromatic carbocycles. The van der Waals surface area contributed by atoms with Crippen LogP contribution in [0.3, 0.4) is 0 Å². The van der Waals surface area contributed by atoms with Crippen LogP contribution in [0.4, 0.5) is 14.5 Å². The number of hydrogen-bond donors (Lipinski definition) is 2. The van der Waals surface area contributed by atoms with Crippen LogP contribution in [0, 0.1) is 11.6 Å². The molecule has 27 heavy (non-hydrogen) atoms. The van der Waals surface area contributed by atoms with Gasteiger partial charge in [0.2, 0.25) is 0 Å². The SMILES string of the molecule is O=C(NCCc1ccc(F)cc1)c1cncc(NCc2ccccc2F)c1. The summed E-state index contributed by atoms with van der Waals surface area (Å²) in [7, 11) is 0. The molecule has 3 rings (SSSR count). The molecule has 0 spiro atoms. The van der Waals surface area contributed by atoms with E-state index in [9.17, 15) is 13.6 Å². The molecule has 0 fully saturated rings. The lowest BCUT2D eigenvalue weighted by Gasteiger charge is -2.09. The number of aromatic nitrogens is 1. The third kappa shape index (κ3) is 5.34. The summed E-state index contributed by atoms with van der Waals surface area (Å²) < 4.78 is 26.5. The van der Waals surface area contributed by atoms with E-state index in [4.69, 9.17) is 0 Å². The number of halogens is 2. The average Bonchev–Trinajstić information content (AvgIpc) is 2.69. The fourth-order valence-corrected chi connectivity index (χ4v) is 2.57. The maximum Gasteiger partial charge on any atom is 0.252 e. The van der Waals surface area contributed by atoms with Crippen LogP contribution in [0.1, 0.15) is 21.5 Å². The predicted molar refractivity (Wildman–Crippen MR) is 100 cm³/mol. The zero-order valence-electron chi connectivity index (χ0n) is 14.6. The van der Waals surface area contributed by atoms with E-state index in [1.54, 1.807) is 42.6 Å². The molecular weight excluding hydrogens is 348 g/mol. The molecule has 0 saturated heterocycles. The number of nitrogens with zero attached hydrogens (tertiary/aromatic N) is 1. The van der Waals surface area contributed by atoms with Gasteiger partial charge in [0, 0.05) is 31.0 Å². The quantitative estimate of drug-likeness (QED) is 0.665. The van der Waals surface area contributed by atoms with Crippen LogP contribution in [-0.2, 0) is 13.0 Å². The summed E-state index contributed by atoms with van der Waals surface area (Å²) in [5.41, 5.74) is 2.51. The third-order valence-corrected chi connectivity index (χ3v) is 4.05. The smallest absolute Gasteiger partial charge is 0.252 e. The first kappa shape index (κ1) is 18.5. The van der Waals surface area contributed by atoms with E-state index < -0.39 is 0 Å². The molecule has 0 radical (unpaired) electrons. The number of carbonyl (C=O) groups excluding carboxylic acids is 1. The Morgan fingerprint density at radius 1 is 1.00 bits per heavy atom. The molecule has 0 aliphatic heterocycles. The zero-order valence-corrected chi connectivity index (χ0v) is 14.6. The first-order chi connectivity index (χ1) is 13.1. The van der Waals surface area contributed by atoms with Crippen molar-refractivity contribution in [2.75, 3.05) is 11.9 Å². The Balaban J connectivity index is 1.53. The fraction of sp³-hybridized carbons (Fsp3) is 0.143. The lowest BCUT2D eigenvalue weighted by molar-refractivity contribution is 0.0954. The molecule has 1 amide bonds. The largest absolute Gasteiger partial charge is 0.380 e. The molecule has 0 atom stereocenters. The van der Waals surface area contributed by atoms with Crippen molar-refractivity contribution in [3.05, 3.63) is 95.3 Å². The van der Waals surface area contributed by atoms with Crippen molar-refractivity contribution in [3.63, 3.8) is 0 Å². The number of carbonyl (C=O) groups is 1. The van der Waals surface area contributed by atoms with Crippen LogP contribution < -0.4 is 10.6 Å². The minimum Gasteiger partial charge on any atom is -0.380 e. The van der Waals surface area contributed by atoms with Gasteiger partial charge in [-0.15, -0.1) is 0 Å². The number of benzene rings is 2. The molecular formula is C21H19F2N3O. The Morgan fingerprint density at radius 2 is 1.78 bits per heavy atom. The van der Waals surface area contributed by atoms with Crippen LogP contribution in [0.25, 0.3) is 0 Å². The molecule has 0 aliphatic rings. The number of amides is 1. The van der Waals surface area contributed by atoms with Gasteiger partial charge in [0.1, 0.15) is 11.6 Å². The summed E-state index contributed by atoms with van der Waals surface area (Å²) in [6.07, 6.45) is 3.66. The van der Waals surface area contributed by atoms with Crippen molar-refractivity contribution >= 4 is 11.6 Å². The monoisotopic (exact) mass is 367 g/mol. The van der Waals surface area contributed by atoms with E-state index in [2.05, 4.69) is 15.6 Å². The van der Waals surface area contributed by atoms with Crippen molar-refractivity contribution in [1.29, 1.82) is 0 Å². The molecule has 6 heteroatoms. The topological polar surface area (TPSA) is 54.0 Å². The Hall–Kier alpha value is -3.28. The minimum absolute atomic E-state index is 0.251. The fourth-order valence-electron chi connectivity index (χ4n) is 2.57. The highest BCUT2D eigenvalue weighted by atomic mass is 19.1. The van der Waals surface area contributed by atoms with Gasteiger partial charge in [-0.2, -0.15) is 0 Å². The summed E-state index contributed by atoms with van der Waals surface area (Å²) in [5, 5.41) is 5.88.